The number of carbonyl (C=O) groups excluding carboxylic acids is 4. The molecule has 0 fully saturated rings. The van der Waals surface area contributed by atoms with Crippen LogP contribution in [0.25, 0.3) is 0 Å². The molecule has 6 rings (SSSR count). The van der Waals surface area contributed by atoms with Crippen LogP contribution in [0.4, 0.5) is 70.2 Å². The van der Waals surface area contributed by atoms with Crippen molar-refractivity contribution in [2.75, 3.05) is 0 Å². The molecule has 0 radical (unpaired) electrons. The van der Waals surface area contributed by atoms with Crippen LogP contribution in [0, 0.1) is 58.2 Å². The van der Waals surface area contributed by atoms with Crippen LogP contribution in [-0.4, -0.2) is 62.9 Å². The summed E-state index contributed by atoms with van der Waals surface area (Å²) < 4.78 is 287. The SMILES string of the molecule is O=C1c2ccc(C(c3ccc4c(c3)C(=O)N(OS(=O)(=O)c3c(F)c(F)c(F)c(F)c3F)C4=O)(C(F)(F)F)C(F)(F)F)cc2C(=O)N1OS(=O)(=O)c1c(F)c(F)c(F)c(F)c1F. The fourth-order valence-electron chi connectivity index (χ4n) is 5.90. The number of nitrogens with zero attached hydrogens (tertiary/aromatic N) is 2. The zero-order valence-corrected chi connectivity index (χ0v) is 29.4. The van der Waals surface area contributed by atoms with Crippen LogP contribution < -0.4 is 0 Å². The van der Waals surface area contributed by atoms with Crippen LogP contribution >= 0.6 is 0 Å². The minimum atomic E-state index is -6.71. The fraction of sp³-hybridized carbons (Fsp3) is 0.0968. The molecule has 61 heavy (non-hydrogen) atoms. The van der Waals surface area contributed by atoms with E-state index in [2.05, 4.69) is 8.57 Å². The zero-order chi connectivity index (χ0) is 46.0. The normalized spacial score (nSPS) is 15.0. The first-order valence-electron chi connectivity index (χ1n) is 15.0. The van der Waals surface area contributed by atoms with Gasteiger partial charge in [0, 0.05) is 0 Å². The average molecular weight is 934 g/mol. The Labute approximate surface area is 324 Å². The molecule has 4 amide bonds. The predicted octanol–water partition coefficient (Wildman–Crippen LogP) is 6.32. The number of alkyl halides is 6. The van der Waals surface area contributed by atoms with Gasteiger partial charge in [0.1, 0.15) is 0 Å². The first kappa shape index (κ1) is 44.4. The third kappa shape index (κ3) is 6.28. The van der Waals surface area contributed by atoms with E-state index in [-0.39, 0.29) is 36.4 Å². The predicted molar refractivity (Wildman–Crippen MR) is 156 cm³/mol. The van der Waals surface area contributed by atoms with Crippen LogP contribution in [-0.2, 0) is 34.2 Å². The van der Waals surface area contributed by atoms with Crippen LogP contribution in [0.5, 0.6) is 0 Å². The van der Waals surface area contributed by atoms with Crippen molar-refractivity contribution >= 4 is 43.9 Å². The molecule has 2 aliphatic rings. The Bertz CT molecular complexity index is 2680. The maximum absolute atomic E-state index is 15.0. The Balaban J connectivity index is 1.43. The van der Waals surface area contributed by atoms with Crippen LogP contribution in [0.15, 0.2) is 46.2 Å². The van der Waals surface area contributed by atoms with Gasteiger partial charge in [-0.2, -0.15) is 43.2 Å². The fourth-order valence-corrected chi connectivity index (χ4v) is 7.95. The highest BCUT2D eigenvalue weighted by Crippen LogP contribution is 2.57. The monoisotopic (exact) mass is 934 g/mol. The second-order valence-electron chi connectivity index (χ2n) is 11.9. The summed E-state index contributed by atoms with van der Waals surface area (Å²) in [5, 5.41) is -2.11. The highest BCUT2D eigenvalue weighted by Gasteiger charge is 2.73. The van der Waals surface area contributed by atoms with Crippen LogP contribution in [0.1, 0.15) is 52.6 Å². The molecule has 4 aromatic carbocycles. The second-order valence-corrected chi connectivity index (χ2v) is 14.9. The molecule has 2 heterocycles. The molecular formula is C31H6F16N2O10S2. The van der Waals surface area contributed by atoms with Crippen molar-refractivity contribution in [2.24, 2.45) is 0 Å². The summed E-state index contributed by atoms with van der Waals surface area (Å²) in [4.78, 5) is 46.2. The molecule has 324 valence electrons. The standard InChI is InChI=1S/C31H6F16N2O10S2/c32-13-15(34)19(38)23(20(39)16(13)35)60(54,55)58-48-25(50)9-3-1-7(5-11(9)27(48)52)29(30(42,43)44,31(45,46)47)8-2-4-10-12(6-8)28(53)49(26(10)51)59-61(56,57)24-21(40)17(36)14(33)18(37)22(24)41/h1-6H. The number of hydrogen-bond donors (Lipinski definition) is 0. The highest BCUT2D eigenvalue weighted by molar-refractivity contribution is 7.87. The molecule has 4 aromatic rings. The largest absolute Gasteiger partial charge is 0.411 e. The summed E-state index contributed by atoms with van der Waals surface area (Å²) in [6, 6.07) is -1.05. The van der Waals surface area contributed by atoms with Gasteiger partial charge in [-0.3, -0.25) is 19.2 Å². The minimum absolute atomic E-state index is 0.00731. The summed E-state index contributed by atoms with van der Waals surface area (Å²) in [7, 11) is -13.0. The summed E-state index contributed by atoms with van der Waals surface area (Å²) in [5.74, 6) is -38.7. The summed E-state index contributed by atoms with van der Waals surface area (Å²) >= 11 is 0. The minimum Gasteiger partial charge on any atom is -0.266 e. The molecule has 2 aliphatic heterocycles. The molecule has 0 unspecified atom stereocenters. The number of carbonyl (C=O) groups is 4. The molecular weight excluding hydrogens is 928 g/mol. The smallest absolute Gasteiger partial charge is 0.266 e. The summed E-state index contributed by atoms with van der Waals surface area (Å²) in [6.07, 6.45) is -13.4. The Morgan fingerprint density at radius 2 is 0.639 bits per heavy atom. The number of rotatable bonds is 8. The molecule has 0 aliphatic carbocycles. The van der Waals surface area contributed by atoms with Gasteiger partial charge in [-0.25, -0.2) is 43.9 Å². The number of benzene rings is 4. The van der Waals surface area contributed by atoms with Crippen molar-refractivity contribution in [3.05, 3.63) is 128 Å². The van der Waals surface area contributed by atoms with Gasteiger partial charge in [-0.05, 0) is 35.4 Å². The number of halogens is 16. The van der Waals surface area contributed by atoms with Crippen LogP contribution in [0.2, 0.25) is 0 Å². The third-order valence-corrected chi connectivity index (χ3v) is 11.0. The first-order chi connectivity index (χ1) is 27.9. The van der Waals surface area contributed by atoms with Gasteiger partial charge in [-0.1, -0.05) is 12.1 Å². The van der Waals surface area contributed by atoms with Crippen molar-refractivity contribution in [3.63, 3.8) is 0 Å². The van der Waals surface area contributed by atoms with Gasteiger partial charge in [0.25, 0.3) is 23.6 Å². The number of hydrogen-bond acceptors (Lipinski definition) is 10. The maximum Gasteiger partial charge on any atom is 0.411 e. The summed E-state index contributed by atoms with van der Waals surface area (Å²) in [5.41, 5.74) is -15.7. The van der Waals surface area contributed by atoms with Gasteiger partial charge in [0.2, 0.25) is 17.0 Å². The summed E-state index contributed by atoms with van der Waals surface area (Å²) in [6.45, 7) is 0. The third-order valence-electron chi connectivity index (χ3n) is 8.60. The van der Waals surface area contributed by atoms with Crippen molar-refractivity contribution in [1.82, 2.24) is 10.1 Å². The molecule has 30 heteroatoms. The van der Waals surface area contributed by atoms with E-state index in [0.29, 0.717) is 0 Å². The Morgan fingerprint density at radius 1 is 0.393 bits per heavy atom. The van der Waals surface area contributed by atoms with Gasteiger partial charge in [-0.15, -0.1) is 18.7 Å². The van der Waals surface area contributed by atoms with E-state index in [1.54, 1.807) is 0 Å². The van der Waals surface area contributed by atoms with Crippen molar-refractivity contribution < 1.29 is 115 Å². The topological polar surface area (TPSA) is 161 Å². The van der Waals surface area contributed by atoms with E-state index < -0.39 is 173 Å². The van der Waals surface area contributed by atoms with E-state index in [9.17, 15) is 79.9 Å². The number of amides is 4. The van der Waals surface area contributed by atoms with Gasteiger partial charge in [0.15, 0.2) is 56.3 Å². The molecule has 0 spiro atoms. The quantitative estimate of drug-likeness (QED) is 0.0847. The Hall–Kier alpha value is -6.14. The lowest BCUT2D eigenvalue weighted by Gasteiger charge is -2.38. The molecule has 0 aromatic heterocycles. The van der Waals surface area contributed by atoms with Gasteiger partial charge in [0.05, 0.1) is 22.3 Å². The lowest BCUT2D eigenvalue weighted by Crippen LogP contribution is -2.55. The highest BCUT2D eigenvalue weighted by atomic mass is 32.2. The Morgan fingerprint density at radius 3 is 0.902 bits per heavy atom. The number of imide groups is 2. The second kappa shape index (κ2) is 14.0. The molecule has 0 bridgehead atoms. The zero-order valence-electron chi connectivity index (χ0n) is 27.8. The number of hydroxylamine groups is 4. The van der Waals surface area contributed by atoms with Gasteiger partial charge < -0.3 is 0 Å². The van der Waals surface area contributed by atoms with E-state index in [4.69, 9.17) is 0 Å². The van der Waals surface area contributed by atoms with E-state index >= 15 is 26.3 Å². The van der Waals surface area contributed by atoms with Crippen molar-refractivity contribution in [1.29, 1.82) is 0 Å². The Kier molecular flexibility index (Phi) is 10.2. The molecule has 0 saturated carbocycles. The lowest BCUT2D eigenvalue weighted by atomic mass is 9.71. The van der Waals surface area contributed by atoms with Crippen molar-refractivity contribution in [2.45, 2.75) is 27.6 Å². The molecule has 12 nitrogen and oxygen atoms in total. The van der Waals surface area contributed by atoms with Crippen LogP contribution in [0.3, 0.4) is 0 Å². The molecule has 0 saturated heterocycles. The van der Waals surface area contributed by atoms with E-state index in [0.717, 1.165) is 0 Å². The number of fused-ring (bicyclic) bond motifs is 2. The van der Waals surface area contributed by atoms with Gasteiger partial charge >= 0.3 is 32.6 Å². The molecule has 0 atom stereocenters. The van der Waals surface area contributed by atoms with E-state index in [1.807, 2.05) is 0 Å². The first-order valence-corrected chi connectivity index (χ1v) is 17.8. The van der Waals surface area contributed by atoms with E-state index in [1.165, 1.54) is 0 Å². The van der Waals surface area contributed by atoms with Crippen molar-refractivity contribution in [3.8, 4) is 0 Å². The maximum atomic E-state index is 15.0. The lowest BCUT2D eigenvalue weighted by molar-refractivity contribution is -0.288. The molecule has 0 N–H and O–H groups in total. The average Bonchev–Trinajstić information content (AvgIpc) is 3.52.